The van der Waals surface area contributed by atoms with Crippen molar-refractivity contribution in [2.75, 3.05) is 0 Å². The second-order valence-corrected chi connectivity index (χ2v) is 9.67. The number of rotatable bonds is 2. The number of nitrogens with zero attached hydrogens (tertiary/aromatic N) is 4. The quantitative estimate of drug-likeness (QED) is 0.237. The summed E-state index contributed by atoms with van der Waals surface area (Å²) < 4.78 is 4.54. The summed E-state index contributed by atoms with van der Waals surface area (Å²) in [5.41, 5.74) is 7.84. The van der Waals surface area contributed by atoms with Crippen LogP contribution in [-0.4, -0.2) is 19.2 Å². The zero-order valence-electron chi connectivity index (χ0n) is 20.3. The molecule has 4 heteroatoms. The molecule has 0 aliphatic carbocycles. The standard InChI is InChI=1S/C33H22N4/c1-21-14-19-31-28(20-21)26-10-5-6-12-29(26)36(31)23-17-15-22(16-18-23)32-34-35-33-27-11-3-2-8-24(27)25-9-4-7-13-30(25)37(32)33/h2-20H,1H3. The van der Waals surface area contributed by atoms with Crippen LogP contribution in [0.3, 0.4) is 0 Å². The Labute approximate surface area is 213 Å². The van der Waals surface area contributed by atoms with Crippen molar-refractivity contribution in [1.82, 2.24) is 19.2 Å². The molecule has 0 saturated heterocycles. The molecule has 174 valence electrons. The van der Waals surface area contributed by atoms with Crippen molar-refractivity contribution >= 4 is 49.1 Å². The molecule has 0 unspecified atom stereocenters. The molecule has 0 radical (unpaired) electrons. The average molecular weight is 475 g/mol. The third-order valence-corrected chi connectivity index (χ3v) is 7.48. The van der Waals surface area contributed by atoms with Crippen molar-refractivity contribution in [3.63, 3.8) is 0 Å². The Morgan fingerprint density at radius 2 is 1.14 bits per heavy atom. The van der Waals surface area contributed by atoms with Crippen molar-refractivity contribution in [2.45, 2.75) is 6.92 Å². The molecule has 8 rings (SSSR count). The van der Waals surface area contributed by atoms with E-state index in [-0.39, 0.29) is 0 Å². The van der Waals surface area contributed by atoms with Crippen LogP contribution in [0.5, 0.6) is 0 Å². The van der Waals surface area contributed by atoms with Gasteiger partial charge >= 0.3 is 0 Å². The molecule has 0 aliphatic rings. The molecule has 0 saturated carbocycles. The Morgan fingerprint density at radius 1 is 0.514 bits per heavy atom. The predicted octanol–water partition coefficient (Wildman–Crippen LogP) is 8.11. The fourth-order valence-electron chi connectivity index (χ4n) is 5.81. The van der Waals surface area contributed by atoms with E-state index in [0.717, 1.165) is 33.6 Å². The molecule has 0 N–H and O–H groups in total. The van der Waals surface area contributed by atoms with Crippen LogP contribution in [0, 0.1) is 6.92 Å². The number of aryl methyl sites for hydroxylation is 1. The normalized spacial score (nSPS) is 11.9. The first-order valence-corrected chi connectivity index (χ1v) is 12.5. The number of pyridine rings is 1. The number of para-hydroxylation sites is 2. The van der Waals surface area contributed by atoms with E-state index < -0.39 is 0 Å². The second-order valence-electron chi connectivity index (χ2n) is 9.67. The minimum Gasteiger partial charge on any atom is -0.309 e. The van der Waals surface area contributed by atoms with Gasteiger partial charge in [0.05, 0.1) is 16.6 Å². The van der Waals surface area contributed by atoms with Crippen LogP contribution in [0.2, 0.25) is 0 Å². The summed E-state index contributed by atoms with van der Waals surface area (Å²) in [5, 5.41) is 15.4. The molecule has 4 nitrogen and oxygen atoms in total. The molecule has 3 aromatic heterocycles. The van der Waals surface area contributed by atoms with Crippen molar-refractivity contribution < 1.29 is 0 Å². The van der Waals surface area contributed by atoms with E-state index in [1.54, 1.807) is 0 Å². The van der Waals surface area contributed by atoms with Crippen molar-refractivity contribution in [3.8, 4) is 17.1 Å². The van der Waals surface area contributed by atoms with Gasteiger partial charge in [-0.05, 0) is 60.8 Å². The van der Waals surface area contributed by atoms with Crippen molar-refractivity contribution in [3.05, 3.63) is 121 Å². The van der Waals surface area contributed by atoms with Gasteiger partial charge in [-0.1, -0.05) is 72.3 Å². The Hall–Kier alpha value is -4.96. The minimum absolute atomic E-state index is 0.848. The highest BCUT2D eigenvalue weighted by Crippen LogP contribution is 2.35. The maximum absolute atomic E-state index is 4.67. The summed E-state index contributed by atoms with van der Waals surface area (Å²) in [4.78, 5) is 0. The zero-order valence-corrected chi connectivity index (χ0v) is 20.3. The van der Waals surface area contributed by atoms with Crippen LogP contribution >= 0.6 is 0 Å². The smallest absolute Gasteiger partial charge is 0.169 e. The van der Waals surface area contributed by atoms with Gasteiger partial charge in [0.1, 0.15) is 0 Å². The van der Waals surface area contributed by atoms with Crippen LogP contribution < -0.4 is 0 Å². The van der Waals surface area contributed by atoms with E-state index in [9.17, 15) is 0 Å². The molecule has 37 heavy (non-hydrogen) atoms. The Kier molecular flexibility index (Phi) is 4.12. The molecule has 8 aromatic rings. The van der Waals surface area contributed by atoms with Gasteiger partial charge in [0, 0.05) is 32.8 Å². The third-order valence-electron chi connectivity index (χ3n) is 7.48. The number of hydrogen-bond donors (Lipinski definition) is 0. The van der Waals surface area contributed by atoms with E-state index in [4.69, 9.17) is 0 Å². The number of benzene rings is 5. The number of aromatic nitrogens is 4. The molecule has 3 heterocycles. The second kappa shape index (κ2) is 7.52. The monoisotopic (exact) mass is 474 g/mol. The number of fused-ring (bicyclic) bond motifs is 9. The van der Waals surface area contributed by atoms with Gasteiger partial charge in [-0.3, -0.25) is 4.40 Å². The van der Waals surface area contributed by atoms with Crippen LogP contribution in [0.25, 0.3) is 66.2 Å². The lowest BCUT2D eigenvalue weighted by Gasteiger charge is -2.11. The molecule has 5 aromatic carbocycles. The van der Waals surface area contributed by atoms with Gasteiger partial charge in [0.2, 0.25) is 0 Å². The summed E-state index contributed by atoms with van der Waals surface area (Å²) in [6, 6.07) is 40.9. The van der Waals surface area contributed by atoms with E-state index in [1.807, 2.05) is 0 Å². The Morgan fingerprint density at radius 3 is 1.92 bits per heavy atom. The average Bonchev–Trinajstić information content (AvgIpc) is 3.54. The highest BCUT2D eigenvalue weighted by molar-refractivity contribution is 6.12. The highest BCUT2D eigenvalue weighted by atomic mass is 15.2. The SMILES string of the molecule is Cc1ccc2c(c1)c1ccccc1n2-c1ccc(-c2nnc3c4ccccc4c4ccccc4n23)cc1. The van der Waals surface area contributed by atoms with Gasteiger partial charge in [-0.2, -0.15) is 0 Å². The first-order valence-electron chi connectivity index (χ1n) is 12.5. The molecule has 0 aliphatic heterocycles. The molecule has 0 bridgehead atoms. The van der Waals surface area contributed by atoms with Crippen LogP contribution in [0.15, 0.2) is 115 Å². The first-order chi connectivity index (χ1) is 18.3. The van der Waals surface area contributed by atoms with Crippen molar-refractivity contribution in [2.24, 2.45) is 0 Å². The summed E-state index contributed by atoms with van der Waals surface area (Å²) >= 11 is 0. The Bertz CT molecular complexity index is 2150. The lowest BCUT2D eigenvalue weighted by atomic mass is 10.1. The molecule has 0 atom stereocenters. The van der Waals surface area contributed by atoms with Crippen LogP contribution in [-0.2, 0) is 0 Å². The van der Waals surface area contributed by atoms with Gasteiger partial charge in [-0.15, -0.1) is 10.2 Å². The molecule has 0 fully saturated rings. The van der Waals surface area contributed by atoms with Gasteiger partial charge in [-0.25, -0.2) is 0 Å². The first kappa shape index (κ1) is 20.3. The van der Waals surface area contributed by atoms with Crippen LogP contribution in [0.4, 0.5) is 0 Å². The lowest BCUT2D eigenvalue weighted by molar-refractivity contribution is 1.11. The van der Waals surface area contributed by atoms with E-state index in [1.165, 1.54) is 38.1 Å². The summed E-state index contributed by atoms with van der Waals surface area (Å²) in [6.07, 6.45) is 0. The maximum atomic E-state index is 4.67. The predicted molar refractivity (Wildman–Crippen MR) is 153 cm³/mol. The van der Waals surface area contributed by atoms with E-state index >= 15 is 0 Å². The lowest BCUT2D eigenvalue weighted by Crippen LogP contribution is -1.96. The van der Waals surface area contributed by atoms with Gasteiger partial charge in [0.25, 0.3) is 0 Å². The van der Waals surface area contributed by atoms with E-state index in [0.29, 0.717) is 0 Å². The Balaban J connectivity index is 1.35. The summed E-state index contributed by atoms with van der Waals surface area (Å²) in [6.45, 7) is 2.15. The zero-order chi connectivity index (χ0) is 24.5. The molecule has 0 amide bonds. The minimum atomic E-state index is 0.848. The largest absolute Gasteiger partial charge is 0.309 e. The molecule has 0 spiro atoms. The highest BCUT2D eigenvalue weighted by Gasteiger charge is 2.16. The fraction of sp³-hybridized carbons (Fsp3) is 0.0303. The number of hydrogen-bond acceptors (Lipinski definition) is 2. The van der Waals surface area contributed by atoms with Gasteiger partial charge in [0.15, 0.2) is 11.5 Å². The molecular weight excluding hydrogens is 452 g/mol. The van der Waals surface area contributed by atoms with Crippen molar-refractivity contribution in [1.29, 1.82) is 0 Å². The maximum Gasteiger partial charge on any atom is 0.169 e. The van der Waals surface area contributed by atoms with E-state index in [2.05, 4.69) is 141 Å². The third kappa shape index (κ3) is 2.84. The summed E-state index contributed by atoms with van der Waals surface area (Å²) in [5.74, 6) is 0.848. The fourth-order valence-corrected chi connectivity index (χ4v) is 5.81. The topological polar surface area (TPSA) is 35.1 Å². The molecular formula is C33H22N4. The van der Waals surface area contributed by atoms with Crippen LogP contribution in [0.1, 0.15) is 5.56 Å². The summed E-state index contributed by atoms with van der Waals surface area (Å²) in [7, 11) is 0. The van der Waals surface area contributed by atoms with Gasteiger partial charge < -0.3 is 4.57 Å².